The smallest absolute Gasteiger partial charge is 0.194 e. The molecule has 1 atom stereocenters. The van der Waals surface area contributed by atoms with Crippen molar-refractivity contribution in [2.24, 2.45) is 5.73 Å². The van der Waals surface area contributed by atoms with Gasteiger partial charge >= 0.3 is 0 Å². The third-order valence-electron chi connectivity index (χ3n) is 3.63. The van der Waals surface area contributed by atoms with Crippen molar-refractivity contribution >= 4 is 44.7 Å². The van der Waals surface area contributed by atoms with Crippen LogP contribution in [0.3, 0.4) is 0 Å². The summed E-state index contributed by atoms with van der Waals surface area (Å²) in [5.74, 6) is -0.582. The number of nitrogens with one attached hydrogen (secondary N) is 2. The number of thiazole rings is 1. The summed E-state index contributed by atoms with van der Waals surface area (Å²) in [5, 5.41) is 5.65. The Morgan fingerprint density at radius 3 is 2.88 bits per heavy atom. The van der Waals surface area contributed by atoms with Crippen molar-refractivity contribution in [3.63, 3.8) is 0 Å². The lowest BCUT2D eigenvalue weighted by Crippen LogP contribution is -2.26. The third-order valence-corrected chi connectivity index (χ3v) is 5.85. The van der Waals surface area contributed by atoms with Gasteiger partial charge in [0.2, 0.25) is 0 Å². The van der Waals surface area contributed by atoms with Gasteiger partial charge in [-0.25, -0.2) is 13.6 Å². The van der Waals surface area contributed by atoms with Crippen LogP contribution in [0.4, 0.5) is 15.2 Å². The lowest BCUT2D eigenvalue weighted by Gasteiger charge is -2.15. The van der Waals surface area contributed by atoms with Gasteiger partial charge in [0.25, 0.3) is 0 Å². The molecule has 0 bridgehead atoms. The van der Waals surface area contributed by atoms with E-state index < -0.39 is 16.8 Å². The van der Waals surface area contributed by atoms with Gasteiger partial charge in [0, 0.05) is 31.2 Å². The second-order valence-electron chi connectivity index (χ2n) is 5.70. The number of aromatic nitrogens is 1. The maximum Gasteiger partial charge on any atom is 0.194 e. The number of nitrogens with zero attached hydrogens (tertiary/aromatic N) is 2. The predicted molar refractivity (Wildman–Crippen MR) is 108 cm³/mol. The van der Waals surface area contributed by atoms with Gasteiger partial charge in [-0.3, -0.25) is 4.72 Å². The number of halogens is 2. The number of nitrogens with two attached hydrogens (primary N) is 1. The highest BCUT2D eigenvalue weighted by Crippen LogP contribution is 2.28. The third kappa shape index (κ3) is 6.48. The van der Waals surface area contributed by atoms with Gasteiger partial charge in [0.1, 0.15) is 5.82 Å². The molecular formula is C16H23ClFN5OS2. The first-order valence-corrected chi connectivity index (χ1v) is 10.6. The van der Waals surface area contributed by atoms with Gasteiger partial charge in [-0.05, 0) is 38.6 Å². The van der Waals surface area contributed by atoms with Crippen molar-refractivity contribution in [2.75, 3.05) is 43.3 Å². The van der Waals surface area contributed by atoms with Crippen LogP contribution in [-0.2, 0) is 11.0 Å². The first-order valence-electron chi connectivity index (χ1n) is 8.20. The molecule has 0 aliphatic rings. The first kappa shape index (κ1) is 21.0. The minimum absolute atomic E-state index is 0.000778. The van der Waals surface area contributed by atoms with Gasteiger partial charge in [0.15, 0.2) is 16.1 Å². The van der Waals surface area contributed by atoms with E-state index in [-0.39, 0.29) is 4.90 Å². The zero-order valence-corrected chi connectivity index (χ0v) is 16.9. The number of hydrogen-bond acceptors (Lipinski definition) is 6. The van der Waals surface area contributed by atoms with Gasteiger partial charge in [0.05, 0.1) is 15.6 Å². The Hall–Kier alpha value is -1.26. The van der Waals surface area contributed by atoms with Gasteiger partial charge in [-0.15, -0.1) is 11.3 Å². The van der Waals surface area contributed by atoms with E-state index in [4.69, 9.17) is 17.3 Å². The molecule has 0 radical (unpaired) electrons. The molecule has 2 rings (SSSR count). The number of rotatable bonds is 11. The van der Waals surface area contributed by atoms with Crippen LogP contribution in [0.25, 0.3) is 0 Å². The molecule has 2 aromatic rings. The zero-order chi connectivity index (χ0) is 18.9. The second kappa shape index (κ2) is 10.8. The van der Waals surface area contributed by atoms with Crippen LogP contribution in [0.5, 0.6) is 0 Å². The maximum absolute atomic E-state index is 14.3. The molecule has 1 heterocycles. The molecule has 0 saturated carbocycles. The minimum atomic E-state index is -1.76. The number of benzene rings is 1. The summed E-state index contributed by atoms with van der Waals surface area (Å²) in [5.41, 5.74) is 6.00. The number of unbranched alkanes of at least 4 members (excludes halogenated alkanes) is 1. The summed E-state index contributed by atoms with van der Waals surface area (Å²) >= 11 is 7.49. The highest BCUT2D eigenvalue weighted by molar-refractivity contribution is 7.86. The van der Waals surface area contributed by atoms with E-state index in [0.29, 0.717) is 28.9 Å². The van der Waals surface area contributed by atoms with Gasteiger partial charge in [-0.2, -0.15) is 0 Å². The number of likely N-dealkylation sites (N-methyl/N-ethyl adjacent to an activating group) is 1. The van der Waals surface area contributed by atoms with Crippen molar-refractivity contribution in [3.05, 3.63) is 34.5 Å². The van der Waals surface area contributed by atoms with Gasteiger partial charge in [-0.1, -0.05) is 11.6 Å². The molecule has 0 spiro atoms. The Labute approximate surface area is 164 Å². The molecule has 26 heavy (non-hydrogen) atoms. The predicted octanol–water partition coefficient (Wildman–Crippen LogP) is 3.15. The van der Waals surface area contributed by atoms with Crippen LogP contribution < -0.4 is 15.8 Å². The molecule has 1 unspecified atom stereocenters. The molecule has 4 N–H and O–H groups in total. The van der Waals surface area contributed by atoms with E-state index >= 15 is 0 Å². The molecule has 0 aliphatic carbocycles. The molecule has 10 heteroatoms. The second-order valence-corrected chi connectivity index (χ2v) is 8.18. The standard InChI is InChI=1S/C16H23ClFN5OS2/c1-23(8-4-19)7-3-2-5-20-14-11-13(18)15(10-12(14)17)26(24)22-16-21-6-9-25-16/h6,9-11,20H,2-5,7-8,19H2,1H3,(H,21,22). The van der Waals surface area contributed by atoms with E-state index in [0.717, 1.165) is 25.9 Å². The summed E-state index contributed by atoms with van der Waals surface area (Å²) < 4.78 is 29.2. The van der Waals surface area contributed by atoms with Gasteiger partial charge < -0.3 is 16.0 Å². The van der Waals surface area contributed by atoms with E-state index in [9.17, 15) is 8.60 Å². The quantitative estimate of drug-likeness (QED) is 0.487. The minimum Gasteiger partial charge on any atom is -0.384 e. The Bertz CT molecular complexity index is 717. The summed E-state index contributed by atoms with van der Waals surface area (Å²) in [4.78, 5) is 6.14. The molecular weight excluding hydrogens is 397 g/mol. The summed E-state index contributed by atoms with van der Waals surface area (Å²) in [6.07, 6.45) is 3.50. The van der Waals surface area contributed by atoms with Crippen LogP contribution in [0.2, 0.25) is 5.02 Å². The van der Waals surface area contributed by atoms with Crippen LogP contribution in [0, 0.1) is 5.82 Å². The van der Waals surface area contributed by atoms with Crippen molar-refractivity contribution in [1.29, 1.82) is 0 Å². The molecule has 0 amide bonds. The monoisotopic (exact) mass is 419 g/mol. The van der Waals surface area contributed by atoms with Crippen molar-refractivity contribution in [3.8, 4) is 0 Å². The number of hydrogen-bond donors (Lipinski definition) is 3. The topological polar surface area (TPSA) is 83.3 Å². The van der Waals surface area contributed by atoms with Crippen LogP contribution >= 0.6 is 22.9 Å². The van der Waals surface area contributed by atoms with Crippen molar-refractivity contribution in [2.45, 2.75) is 17.7 Å². The van der Waals surface area contributed by atoms with Crippen LogP contribution in [0.15, 0.2) is 28.6 Å². The summed E-state index contributed by atoms with van der Waals surface area (Å²) in [6.45, 7) is 3.16. The molecule has 0 saturated heterocycles. The average Bonchev–Trinajstić information content (AvgIpc) is 3.10. The molecule has 1 aromatic heterocycles. The Balaban J connectivity index is 1.87. The van der Waals surface area contributed by atoms with Crippen LogP contribution in [-0.4, -0.2) is 47.3 Å². The first-order chi connectivity index (χ1) is 12.5. The SMILES string of the molecule is CN(CCN)CCCCNc1cc(F)c(S(=O)Nc2nccs2)cc1Cl. The molecule has 1 aromatic carbocycles. The Morgan fingerprint density at radius 1 is 1.38 bits per heavy atom. The Morgan fingerprint density at radius 2 is 2.19 bits per heavy atom. The van der Waals surface area contributed by atoms with E-state index in [2.05, 4.69) is 19.9 Å². The van der Waals surface area contributed by atoms with E-state index in [1.54, 1.807) is 11.6 Å². The van der Waals surface area contributed by atoms with Crippen molar-refractivity contribution in [1.82, 2.24) is 9.88 Å². The highest BCUT2D eigenvalue weighted by atomic mass is 35.5. The average molecular weight is 420 g/mol. The fraction of sp³-hybridized carbons (Fsp3) is 0.438. The highest BCUT2D eigenvalue weighted by Gasteiger charge is 2.15. The molecule has 144 valence electrons. The molecule has 0 fully saturated rings. The Kier molecular flexibility index (Phi) is 8.73. The number of anilines is 2. The fourth-order valence-corrected chi connectivity index (χ4v) is 4.15. The maximum atomic E-state index is 14.3. The fourth-order valence-electron chi connectivity index (χ4n) is 2.28. The van der Waals surface area contributed by atoms with E-state index in [1.165, 1.54) is 23.5 Å². The normalized spacial score (nSPS) is 12.3. The van der Waals surface area contributed by atoms with Crippen molar-refractivity contribution < 1.29 is 8.60 Å². The summed E-state index contributed by atoms with van der Waals surface area (Å²) in [7, 11) is 0.269. The largest absolute Gasteiger partial charge is 0.384 e. The van der Waals surface area contributed by atoms with E-state index in [1.807, 2.05) is 7.05 Å². The lowest BCUT2D eigenvalue weighted by atomic mass is 10.2. The lowest BCUT2D eigenvalue weighted by molar-refractivity contribution is 0.336. The van der Waals surface area contributed by atoms with Crippen LogP contribution in [0.1, 0.15) is 12.8 Å². The zero-order valence-electron chi connectivity index (χ0n) is 14.5. The summed E-state index contributed by atoms with van der Waals surface area (Å²) in [6, 6.07) is 2.66. The molecule has 6 nitrogen and oxygen atoms in total. The molecule has 0 aliphatic heterocycles.